The first-order valence-electron chi connectivity index (χ1n) is 5.48. The maximum atomic E-state index is 4.38. The Morgan fingerprint density at radius 2 is 2.00 bits per heavy atom. The number of nitrogens with zero attached hydrogens (tertiary/aromatic N) is 2. The van der Waals surface area contributed by atoms with Crippen LogP contribution in [0, 0.1) is 0 Å². The second-order valence-corrected chi connectivity index (χ2v) is 4.29. The van der Waals surface area contributed by atoms with E-state index in [0.29, 0.717) is 5.92 Å². The highest BCUT2D eigenvalue weighted by Crippen LogP contribution is 2.22. The molecule has 0 atom stereocenters. The number of aromatic nitrogens is 1. The van der Waals surface area contributed by atoms with Crippen LogP contribution in [-0.4, -0.2) is 18.1 Å². The summed E-state index contributed by atoms with van der Waals surface area (Å²) < 4.78 is 0. The first kappa shape index (κ1) is 9.50. The molecule has 0 amide bonds. The second-order valence-electron chi connectivity index (χ2n) is 4.29. The zero-order valence-corrected chi connectivity index (χ0v) is 9.03. The van der Waals surface area contributed by atoms with E-state index in [2.05, 4.69) is 35.9 Å². The van der Waals surface area contributed by atoms with Crippen molar-refractivity contribution in [1.82, 2.24) is 4.98 Å². The van der Waals surface area contributed by atoms with Gasteiger partial charge in [-0.2, -0.15) is 0 Å². The first-order valence-corrected chi connectivity index (χ1v) is 5.48. The van der Waals surface area contributed by atoms with Crippen molar-refractivity contribution in [1.29, 1.82) is 0 Å². The van der Waals surface area contributed by atoms with Gasteiger partial charge >= 0.3 is 0 Å². The molecule has 2 nitrogen and oxygen atoms in total. The molecule has 1 fully saturated rings. The van der Waals surface area contributed by atoms with Gasteiger partial charge in [-0.05, 0) is 30.9 Å². The van der Waals surface area contributed by atoms with Crippen molar-refractivity contribution in [3.8, 4) is 0 Å². The van der Waals surface area contributed by atoms with Gasteiger partial charge in [0, 0.05) is 30.7 Å². The van der Waals surface area contributed by atoms with E-state index < -0.39 is 0 Å². The maximum Gasteiger partial charge on any atom is 0.0449 e. The summed E-state index contributed by atoms with van der Waals surface area (Å²) in [6.07, 6.45) is 4.60. The smallest absolute Gasteiger partial charge is 0.0449 e. The third-order valence-corrected chi connectivity index (χ3v) is 2.83. The van der Waals surface area contributed by atoms with Crippen molar-refractivity contribution in [2.24, 2.45) is 0 Å². The molecule has 0 unspecified atom stereocenters. The van der Waals surface area contributed by atoms with Gasteiger partial charge in [0.1, 0.15) is 0 Å². The van der Waals surface area contributed by atoms with Crippen molar-refractivity contribution in [2.75, 3.05) is 18.0 Å². The molecule has 1 aromatic heterocycles. The van der Waals surface area contributed by atoms with E-state index in [4.69, 9.17) is 0 Å². The fraction of sp³-hybridized carbons (Fsp3) is 0.583. The minimum absolute atomic E-state index is 0.526. The van der Waals surface area contributed by atoms with Gasteiger partial charge in [0.25, 0.3) is 0 Å². The lowest BCUT2D eigenvalue weighted by molar-refractivity contribution is 0.819. The van der Waals surface area contributed by atoms with E-state index in [1.807, 2.05) is 6.20 Å². The predicted molar refractivity (Wildman–Crippen MR) is 59.8 cm³/mol. The highest BCUT2D eigenvalue weighted by atomic mass is 15.1. The normalized spacial score (nSPS) is 16.6. The van der Waals surface area contributed by atoms with Crippen LogP contribution in [0.5, 0.6) is 0 Å². The van der Waals surface area contributed by atoms with Crippen LogP contribution in [0.3, 0.4) is 0 Å². The van der Waals surface area contributed by atoms with Crippen molar-refractivity contribution in [3.05, 3.63) is 24.0 Å². The number of pyridine rings is 1. The molecular weight excluding hydrogens is 172 g/mol. The maximum absolute atomic E-state index is 4.38. The highest BCUT2D eigenvalue weighted by molar-refractivity contribution is 5.47. The van der Waals surface area contributed by atoms with Gasteiger partial charge in [0.2, 0.25) is 0 Å². The Morgan fingerprint density at radius 3 is 2.64 bits per heavy atom. The Balaban J connectivity index is 2.21. The minimum Gasteiger partial charge on any atom is -0.371 e. The second kappa shape index (κ2) is 3.99. The fourth-order valence-electron chi connectivity index (χ4n) is 1.92. The molecule has 0 radical (unpaired) electrons. The molecular formula is C12H18N2. The predicted octanol–water partition coefficient (Wildman–Crippen LogP) is 2.81. The Bertz CT molecular complexity index is 301. The molecule has 76 valence electrons. The molecule has 1 saturated heterocycles. The largest absolute Gasteiger partial charge is 0.371 e. The average Bonchev–Trinajstić information content (AvgIpc) is 2.71. The number of hydrogen-bond donors (Lipinski definition) is 0. The van der Waals surface area contributed by atoms with Crippen LogP contribution in [-0.2, 0) is 0 Å². The summed E-state index contributed by atoms with van der Waals surface area (Å²) in [6, 6.07) is 4.35. The molecule has 0 N–H and O–H groups in total. The molecule has 1 aromatic rings. The van der Waals surface area contributed by atoms with Gasteiger partial charge in [0.15, 0.2) is 0 Å². The van der Waals surface area contributed by atoms with Gasteiger partial charge in [-0.25, -0.2) is 0 Å². The zero-order valence-electron chi connectivity index (χ0n) is 9.03. The highest BCUT2D eigenvalue weighted by Gasteiger charge is 2.13. The van der Waals surface area contributed by atoms with E-state index in [-0.39, 0.29) is 0 Å². The van der Waals surface area contributed by atoms with E-state index in [1.165, 1.54) is 37.3 Å². The summed E-state index contributed by atoms with van der Waals surface area (Å²) in [4.78, 5) is 6.84. The molecule has 14 heavy (non-hydrogen) atoms. The molecule has 2 rings (SSSR count). The number of hydrogen-bond acceptors (Lipinski definition) is 2. The summed E-state index contributed by atoms with van der Waals surface area (Å²) in [5.41, 5.74) is 2.55. The summed E-state index contributed by atoms with van der Waals surface area (Å²) in [7, 11) is 0. The molecule has 1 aliphatic rings. The Labute approximate surface area is 86.0 Å². The molecule has 0 aromatic carbocycles. The topological polar surface area (TPSA) is 16.1 Å². The van der Waals surface area contributed by atoms with Crippen LogP contribution < -0.4 is 4.90 Å². The molecule has 0 aliphatic carbocycles. The van der Waals surface area contributed by atoms with E-state index in [1.54, 1.807) is 0 Å². The van der Waals surface area contributed by atoms with Crippen LogP contribution in [0.4, 0.5) is 5.69 Å². The minimum atomic E-state index is 0.526. The lowest BCUT2D eigenvalue weighted by Crippen LogP contribution is -2.17. The zero-order chi connectivity index (χ0) is 9.97. The van der Waals surface area contributed by atoms with Crippen molar-refractivity contribution in [2.45, 2.75) is 32.6 Å². The summed E-state index contributed by atoms with van der Waals surface area (Å²) >= 11 is 0. The molecule has 0 spiro atoms. The quantitative estimate of drug-likeness (QED) is 0.713. The summed E-state index contributed by atoms with van der Waals surface area (Å²) in [5.74, 6) is 0.526. The van der Waals surface area contributed by atoms with Crippen LogP contribution >= 0.6 is 0 Å². The van der Waals surface area contributed by atoms with Gasteiger partial charge in [0.05, 0.1) is 0 Å². The van der Waals surface area contributed by atoms with Gasteiger partial charge in [-0.1, -0.05) is 13.8 Å². The van der Waals surface area contributed by atoms with Gasteiger partial charge < -0.3 is 4.90 Å². The molecule has 2 heterocycles. The van der Waals surface area contributed by atoms with E-state index in [0.717, 1.165) is 0 Å². The SMILES string of the molecule is CC(C)c1cc(N2CCCC2)ccn1. The lowest BCUT2D eigenvalue weighted by Gasteiger charge is -2.18. The molecule has 0 saturated carbocycles. The molecule has 2 heteroatoms. The monoisotopic (exact) mass is 190 g/mol. The number of rotatable bonds is 2. The standard InChI is InChI=1S/C12H18N2/c1-10(2)12-9-11(5-6-13-12)14-7-3-4-8-14/h5-6,9-10H,3-4,7-8H2,1-2H3. The van der Waals surface area contributed by atoms with Crippen LogP contribution in [0.1, 0.15) is 38.3 Å². The average molecular weight is 190 g/mol. The fourth-order valence-corrected chi connectivity index (χ4v) is 1.92. The van der Waals surface area contributed by atoms with Crippen molar-refractivity contribution < 1.29 is 0 Å². The van der Waals surface area contributed by atoms with E-state index >= 15 is 0 Å². The Hall–Kier alpha value is -1.05. The van der Waals surface area contributed by atoms with Crippen LogP contribution in [0.15, 0.2) is 18.3 Å². The third kappa shape index (κ3) is 1.89. The van der Waals surface area contributed by atoms with Crippen molar-refractivity contribution >= 4 is 5.69 Å². The van der Waals surface area contributed by atoms with E-state index in [9.17, 15) is 0 Å². The van der Waals surface area contributed by atoms with Crippen LogP contribution in [0.25, 0.3) is 0 Å². The lowest BCUT2D eigenvalue weighted by atomic mass is 10.1. The Morgan fingerprint density at radius 1 is 1.29 bits per heavy atom. The summed E-state index contributed by atoms with van der Waals surface area (Å²) in [5, 5.41) is 0. The summed E-state index contributed by atoms with van der Waals surface area (Å²) in [6.45, 7) is 6.80. The van der Waals surface area contributed by atoms with Crippen LogP contribution in [0.2, 0.25) is 0 Å². The first-order chi connectivity index (χ1) is 6.77. The Kier molecular flexibility index (Phi) is 2.71. The van der Waals surface area contributed by atoms with Crippen molar-refractivity contribution in [3.63, 3.8) is 0 Å². The van der Waals surface area contributed by atoms with Gasteiger partial charge in [-0.15, -0.1) is 0 Å². The molecule has 0 bridgehead atoms. The third-order valence-electron chi connectivity index (χ3n) is 2.83. The number of anilines is 1. The molecule has 1 aliphatic heterocycles. The van der Waals surface area contributed by atoms with Gasteiger partial charge in [-0.3, -0.25) is 4.98 Å².